The van der Waals surface area contributed by atoms with Crippen LogP contribution in [-0.4, -0.2) is 31.1 Å². The number of carbonyl (C=O) groups is 3. The van der Waals surface area contributed by atoms with Gasteiger partial charge in [0, 0.05) is 18.8 Å². The minimum atomic E-state index is -0.421. The Morgan fingerprint density at radius 1 is 0.590 bits per heavy atom. The highest BCUT2D eigenvalue weighted by Crippen LogP contribution is 2.21. The van der Waals surface area contributed by atoms with Gasteiger partial charge in [-0.05, 0) is 43.6 Å². The Kier molecular flexibility index (Phi) is 25.1. The lowest BCUT2D eigenvalue weighted by molar-refractivity contribution is -0.153. The summed E-state index contributed by atoms with van der Waals surface area (Å²) in [6, 6.07) is 0. The monoisotopic (exact) mass is 552 g/mol. The van der Waals surface area contributed by atoms with E-state index in [1.54, 1.807) is 6.26 Å². The van der Waals surface area contributed by atoms with Crippen molar-refractivity contribution in [3.8, 4) is 0 Å². The fraction of sp³-hybridized carbons (Fsp3) is 0.848. The molecule has 0 aliphatic heterocycles. The van der Waals surface area contributed by atoms with Gasteiger partial charge in [0.05, 0.1) is 25.9 Å². The van der Waals surface area contributed by atoms with E-state index in [9.17, 15) is 14.4 Å². The number of allylic oxidation sites excluding steroid dienone is 1. The fourth-order valence-electron chi connectivity index (χ4n) is 4.32. The molecule has 0 N–H and O–H groups in total. The van der Waals surface area contributed by atoms with Gasteiger partial charge in [0.15, 0.2) is 0 Å². The molecule has 0 saturated carbocycles. The lowest BCUT2D eigenvalue weighted by Crippen LogP contribution is -2.24. The zero-order chi connectivity index (χ0) is 29.1. The Bertz CT molecular complexity index is 625. The van der Waals surface area contributed by atoms with Crippen LogP contribution >= 0.6 is 0 Å². The zero-order valence-electron chi connectivity index (χ0n) is 26.0. The first-order valence-corrected chi connectivity index (χ1v) is 16.1. The molecule has 0 aromatic rings. The van der Waals surface area contributed by atoms with Crippen LogP contribution < -0.4 is 0 Å². The van der Waals surface area contributed by atoms with E-state index in [0.29, 0.717) is 18.8 Å². The molecule has 39 heavy (non-hydrogen) atoms. The molecule has 0 spiro atoms. The minimum Gasteiger partial charge on any atom is -0.465 e. The van der Waals surface area contributed by atoms with Gasteiger partial charge in [0.1, 0.15) is 0 Å². The van der Waals surface area contributed by atoms with Crippen LogP contribution in [0.25, 0.3) is 0 Å². The van der Waals surface area contributed by atoms with Crippen LogP contribution in [0.2, 0.25) is 0 Å². The standard InChI is InChI=1S/C33H60O6/c1-6-10-13-15-17-19-22-31(34)37-25-29(26-38-32(35)23-20-18-16-14-11-7-2)24-33(36)39-27-30(21-12-8-3)28(5)9-4/h27-29H,6-26H2,1-5H3/b30-27+. The summed E-state index contributed by atoms with van der Waals surface area (Å²) in [5, 5.41) is 0. The summed E-state index contributed by atoms with van der Waals surface area (Å²) in [4.78, 5) is 37.2. The number of carbonyl (C=O) groups excluding carboxylic acids is 3. The first-order valence-electron chi connectivity index (χ1n) is 16.1. The van der Waals surface area contributed by atoms with Gasteiger partial charge in [-0.25, -0.2) is 0 Å². The molecule has 0 aliphatic rings. The van der Waals surface area contributed by atoms with Crippen molar-refractivity contribution in [2.75, 3.05) is 13.2 Å². The van der Waals surface area contributed by atoms with Crippen LogP contribution in [0.3, 0.4) is 0 Å². The lowest BCUT2D eigenvalue weighted by Gasteiger charge is -2.17. The van der Waals surface area contributed by atoms with Gasteiger partial charge in [0.2, 0.25) is 0 Å². The average molecular weight is 553 g/mol. The SMILES string of the molecule is CCCCCCCCC(=O)OCC(COC(=O)CCCCCCCC)CC(=O)O/C=C(\CCCC)C(C)CC. The molecule has 0 bridgehead atoms. The normalized spacial score (nSPS) is 12.4. The van der Waals surface area contributed by atoms with Gasteiger partial charge in [-0.15, -0.1) is 0 Å². The molecule has 6 heteroatoms. The third kappa shape index (κ3) is 22.6. The van der Waals surface area contributed by atoms with E-state index in [4.69, 9.17) is 14.2 Å². The number of hydrogen-bond acceptors (Lipinski definition) is 6. The molecule has 0 aromatic carbocycles. The van der Waals surface area contributed by atoms with Gasteiger partial charge in [-0.2, -0.15) is 0 Å². The predicted molar refractivity (Wildman–Crippen MR) is 159 cm³/mol. The third-order valence-corrected chi connectivity index (χ3v) is 7.29. The van der Waals surface area contributed by atoms with Crippen LogP contribution in [0.4, 0.5) is 0 Å². The first kappa shape index (κ1) is 37.1. The maximum Gasteiger partial charge on any atom is 0.311 e. The van der Waals surface area contributed by atoms with Gasteiger partial charge in [-0.1, -0.05) is 105 Å². The molecule has 0 saturated heterocycles. The molecule has 1 atom stereocenters. The molecular formula is C33H60O6. The fourth-order valence-corrected chi connectivity index (χ4v) is 4.32. The highest BCUT2D eigenvalue weighted by Gasteiger charge is 2.20. The highest BCUT2D eigenvalue weighted by molar-refractivity contribution is 5.71. The van der Waals surface area contributed by atoms with Crippen molar-refractivity contribution < 1.29 is 28.6 Å². The van der Waals surface area contributed by atoms with E-state index in [1.165, 1.54) is 38.5 Å². The molecule has 0 amide bonds. The van der Waals surface area contributed by atoms with Crippen LogP contribution in [-0.2, 0) is 28.6 Å². The van der Waals surface area contributed by atoms with Crippen LogP contribution in [0.5, 0.6) is 0 Å². The summed E-state index contributed by atoms with van der Waals surface area (Å²) >= 11 is 0. The largest absolute Gasteiger partial charge is 0.465 e. The summed E-state index contributed by atoms with van der Waals surface area (Å²) in [5.74, 6) is -0.987. The average Bonchev–Trinajstić information content (AvgIpc) is 2.93. The zero-order valence-corrected chi connectivity index (χ0v) is 26.0. The van der Waals surface area contributed by atoms with Gasteiger partial charge in [-0.3, -0.25) is 14.4 Å². The summed E-state index contributed by atoms with van der Waals surface area (Å²) in [5.41, 5.74) is 1.14. The van der Waals surface area contributed by atoms with E-state index < -0.39 is 11.9 Å². The van der Waals surface area contributed by atoms with Gasteiger partial charge >= 0.3 is 17.9 Å². The summed E-state index contributed by atoms with van der Waals surface area (Å²) in [6.45, 7) is 10.9. The van der Waals surface area contributed by atoms with E-state index in [0.717, 1.165) is 69.8 Å². The minimum absolute atomic E-state index is 0.0344. The van der Waals surface area contributed by atoms with Crippen molar-refractivity contribution in [2.24, 2.45) is 11.8 Å². The molecule has 0 fully saturated rings. The highest BCUT2D eigenvalue weighted by atomic mass is 16.5. The second-order valence-electron chi connectivity index (χ2n) is 11.1. The maximum absolute atomic E-state index is 12.7. The Hall–Kier alpha value is -1.85. The Morgan fingerprint density at radius 3 is 1.51 bits per heavy atom. The molecule has 0 aromatic heterocycles. The van der Waals surface area contributed by atoms with E-state index >= 15 is 0 Å². The summed E-state index contributed by atoms with van der Waals surface area (Å²) < 4.78 is 16.5. The van der Waals surface area contributed by atoms with E-state index in [-0.39, 0.29) is 31.6 Å². The predicted octanol–water partition coefficient (Wildman–Crippen LogP) is 9.24. The number of hydrogen-bond donors (Lipinski definition) is 0. The van der Waals surface area contributed by atoms with Crippen molar-refractivity contribution in [1.29, 1.82) is 0 Å². The topological polar surface area (TPSA) is 78.9 Å². The Morgan fingerprint density at radius 2 is 1.05 bits per heavy atom. The maximum atomic E-state index is 12.7. The molecule has 1 unspecified atom stereocenters. The second-order valence-corrected chi connectivity index (χ2v) is 11.1. The van der Waals surface area contributed by atoms with Crippen molar-refractivity contribution in [1.82, 2.24) is 0 Å². The van der Waals surface area contributed by atoms with Gasteiger partial charge < -0.3 is 14.2 Å². The molecule has 0 aliphatic carbocycles. The third-order valence-electron chi connectivity index (χ3n) is 7.29. The van der Waals surface area contributed by atoms with E-state index in [1.807, 2.05) is 0 Å². The van der Waals surface area contributed by atoms with E-state index in [2.05, 4.69) is 34.6 Å². The molecule has 0 rings (SSSR count). The lowest BCUT2D eigenvalue weighted by atomic mass is 9.95. The molecule has 0 radical (unpaired) electrons. The molecule has 6 nitrogen and oxygen atoms in total. The Labute approximate surface area is 240 Å². The first-order chi connectivity index (χ1) is 18.9. The number of unbranched alkanes of at least 4 members (excludes halogenated alkanes) is 11. The number of ether oxygens (including phenoxy) is 3. The van der Waals surface area contributed by atoms with Crippen molar-refractivity contribution >= 4 is 17.9 Å². The van der Waals surface area contributed by atoms with Gasteiger partial charge in [0.25, 0.3) is 0 Å². The summed E-state index contributed by atoms with van der Waals surface area (Å²) in [7, 11) is 0. The number of esters is 3. The quantitative estimate of drug-likeness (QED) is 0.0460. The van der Waals surface area contributed by atoms with Crippen LogP contribution in [0, 0.1) is 11.8 Å². The number of rotatable bonds is 26. The summed E-state index contributed by atoms with van der Waals surface area (Å²) in [6.07, 6.45) is 19.6. The van der Waals surface area contributed by atoms with Crippen molar-refractivity contribution in [3.63, 3.8) is 0 Å². The Balaban J connectivity index is 4.81. The molecular weight excluding hydrogens is 492 g/mol. The molecule has 0 heterocycles. The molecule has 228 valence electrons. The van der Waals surface area contributed by atoms with Crippen LogP contribution in [0.15, 0.2) is 11.8 Å². The smallest absolute Gasteiger partial charge is 0.311 e. The van der Waals surface area contributed by atoms with Crippen molar-refractivity contribution in [3.05, 3.63) is 11.8 Å². The van der Waals surface area contributed by atoms with Crippen LogP contribution in [0.1, 0.15) is 157 Å². The van der Waals surface area contributed by atoms with Crippen molar-refractivity contribution in [2.45, 2.75) is 157 Å². The second kappa shape index (κ2) is 26.4.